The second-order valence-corrected chi connectivity index (χ2v) is 7.14. The van der Waals surface area contributed by atoms with Crippen molar-refractivity contribution in [2.45, 2.75) is 26.4 Å². The lowest BCUT2D eigenvalue weighted by Crippen LogP contribution is -2.19. The summed E-state index contributed by atoms with van der Waals surface area (Å²) in [7, 11) is 2.11. The number of nitrogens with zero attached hydrogens (tertiary/aromatic N) is 2. The highest BCUT2D eigenvalue weighted by Crippen LogP contribution is 2.36. The molecule has 0 fully saturated rings. The van der Waals surface area contributed by atoms with E-state index in [0.29, 0.717) is 13.2 Å². The molecular formula is C16H19BrN2O2S. The van der Waals surface area contributed by atoms with Crippen molar-refractivity contribution in [1.82, 2.24) is 9.88 Å². The topological polar surface area (TPSA) is 34.6 Å². The van der Waals surface area contributed by atoms with Crippen molar-refractivity contribution in [2.75, 3.05) is 20.3 Å². The van der Waals surface area contributed by atoms with Gasteiger partial charge in [0.1, 0.15) is 13.2 Å². The number of ether oxygens (including phenoxy) is 2. The van der Waals surface area contributed by atoms with Gasteiger partial charge in [-0.05, 0) is 31.2 Å². The maximum atomic E-state index is 5.66. The Hall–Kier alpha value is -1.11. The number of rotatable bonds is 5. The zero-order chi connectivity index (χ0) is 15.5. The van der Waals surface area contributed by atoms with Crippen LogP contribution in [0.4, 0.5) is 0 Å². The van der Waals surface area contributed by atoms with Crippen LogP contribution in [-0.2, 0) is 19.5 Å². The van der Waals surface area contributed by atoms with Gasteiger partial charge >= 0.3 is 0 Å². The summed E-state index contributed by atoms with van der Waals surface area (Å²) in [5, 5.41) is 3.35. The number of benzene rings is 1. The standard InChI is InChI=1S/C16H19BrN2O2S/c1-3-16-18-12(10-22-16)9-19(2)8-11-6-14-15(7-13(11)17)21-5-4-20-14/h6-7,10H,3-5,8-9H2,1-2H3. The first kappa shape index (κ1) is 15.8. The van der Waals surface area contributed by atoms with E-state index in [1.54, 1.807) is 11.3 Å². The molecule has 0 spiro atoms. The van der Waals surface area contributed by atoms with Gasteiger partial charge in [-0.3, -0.25) is 4.90 Å². The van der Waals surface area contributed by atoms with E-state index in [0.717, 1.165) is 41.2 Å². The van der Waals surface area contributed by atoms with Crippen molar-refractivity contribution in [3.63, 3.8) is 0 Å². The van der Waals surface area contributed by atoms with Gasteiger partial charge in [0, 0.05) is 22.9 Å². The molecule has 1 aromatic heterocycles. The first-order valence-electron chi connectivity index (χ1n) is 7.35. The molecule has 0 bridgehead atoms. The fraction of sp³-hybridized carbons (Fsp3) is 0.438. The summed E-state index contributed by atoms with van der Waals surface area (Å²) < 4.78 is 12.3. The van der Waals surface area contributed by atoms with Gasteiger partial charge in [0.05, 0.1) is 10.7 Å². The molecule has 1 aliphatic heterocycles. The minimum atomic E-state index is 0.613. The lowest BCUT2D eigenvalue weighted by molar-refractivity contribution is 0.171. The molecule has 0 aliphatic carbocycles. The molecule has 1 aromatic carbocycles. The van der Waals surface area contributed by atoms with Crippen molar-refractivity contribution in [2.24, 2.45) is 0 Å². The largest absolute Gasteiger partial charge is 0.486 e. The van der Waals surface area contributed by atoms with Crippen LogP contribution < -0.4 is 9.47 Å². The molecule has 2 heterocycles. The van der Waals surface area contributed by atoms with Gasteiger partial charge in [-0.15, -0.1) is 11.3 Å². The molecular weight excluding hydrogens is 364 g/mol. The molecule has 0 saturated heterocycles. The Balaban J connectivity index is 1.69. The SMILES string of the molecule is CCc1nc(CN(C)Cc2cc3c(cc2Br)OCCO3)cs1. The number of hydrogen-bond donors (Lipinski definition) is 0. The summed E-state index contributed by atoms with van der Waals surface area (Å²) in [5.41, 5.74) is 2.33. The van der Waals surface area contributed by atoms with Gasteiger partial charge in [0.2, 0.25) is 0 Å². The number of halogens is 1. The van der Waals surface area contributed by atoms with Crippen LogP contribution in [0.5, 0.6) is 11.5 Å². The maximum absolute atomic E-state index is 5.66. The monoisotopic (exact) mass is 382 g/mol. The molecule has 6 heteroatoms. The van der Waals surface area contributed by atoms with Gasteiger partial charge < -0.3 is 9.47 Å². The predicted octanol–water partition coefficient (Wildman–Crippen LogP) is 3.87. The molecule has 0 unspecified atom stereocenters. The van der Waals surface area contributed by atoms with Gasteiger partial charge in [-0.2, -0.15) is 0 Å². The fourth-order valence-electron chi connectivity index (χ4n) is 2.43. The summed E-state index contributed by atoms with van der Waals surface area (Å²) in [6.45, 7) is 5.04. The normalized spacial score (nSPS) is 13.6. The van der Waals surface area contributed by atoms with E-state index >= 15 is 0 Å². The van der Waals surface area contributed by atoms with E-state index in [1.165, 1.54) is 10.6 Å². The van der Waals surface area contributed by atoms with Gasteiger partial charge in [0.25, 0.3) is 0 Å². The second-order valence-electron chi connectivity index (χ2n) is 5.35. The van der Waals surface area contributed by atoms with Crippen LogP contribution in [-0.4, -0.2) is 30.1 Å². The van der Waals surface area contributed by atoms with Crippen molar-refractivity contribution in [3.8, 4) is 11.5 Å². The van der Waals surface area contributed by atoms with Crippen molar-refractivity contribution in [3.05, 3.63) is 38.3 Å². The van der Waals surface area contributed by atoms with Crippen molar-refractivity contribution in [1.29, 1.82) is 0 Å². The van der Waals surface area contributed by atoms with E-state index in [-0.39, 0.29) is 0 Å². The average Bonchev–Trinajstić information content (AvgIpc) is 2.95. The fourth-order valence-corrected chi connectivity index (χ4v) is 3.62. The number of fused-ring (bicyclic) bond motifs is 1. The zero-order valence-electron chi connectivity index (χ0n) is 12.8. The lowest BCUT2D eigenvalue weighted by atomic mass is 10.2. The van der Waals surface area contributed by atoms with E-state index in [4.69, 9.17) is 9.47 Å². The van der Waals surface area contributed by atoms with E-state index < -0.39 is 0 Å². The van der Waals surface area contributed by atoms with Crippen molar-refractivity contribution >= 4 is 27.3 Å². The van der Waals surface area contributed by atoms with E-state index in [1.807, 2.05) is 6.07 Å². The number of thiazole rings is 1. The van der Waals surface area contributed by atoms with Crippen LogP contribution in [0.1, 0.15) is 23.2 Å². The smallest absolute Gasteiger partial charge is 0.162 e. The third-order valence-electron chi connectivity index (χ3n) is 3.49. The Morgan fingerprint density at radius 2 is 1.95 bits per heavy atom. The molecule has 1 aliphatic rings. The molecule has 3 rings (SSSR count). The van der Waals surface area contributed by atoms with Gasteiger partial charge in [-0.25, -0.2) is 4.98 Å². The number of aryl methyl sites for hydroxylation is 1. The number of aromatic nitrogens is 1. The Labute approximate surface area is 143 Å². The molecule has 4 nitrogen and oxygen atoms in total. The summed E-state index contributed by atoms with van der Waals surface area (Å²) in [4.78, 5) is 6.88. The Kier molecular flexibility index (Phi) is 5.00. The second kappa shape index (κ2) is 6.98. The van der Waals surface area contributed by atoms with Crippen LogP contribution in [0.15, 0.2) is 22.0 Å². The molecule has 0 amide bonds. The molecule has 22 heavy (non-hydrogen) atoms. The highest BCUT2D eigenvalue weighted by molar-refractivity contribution is 9.10. The molecule has 0 N–H and O–H groups in total. The summed E-state index contributed by atoms with van der Waals surface area (Å²) >= 11 is 5.36. The van der Waals surface area contributed by atoms with Crippen LogP contribution in [0.3, 0.4) is 0 Å². The van der Waals surface area contributed by atoms with Gasteiger partial charge in [0.15, 0.2) is 11.5 Å². The Morgan fingerprint density at radius 3 is 2.64 bits per heavy atom. The highest BCUT2D eigenvalue weighted by Gasteiger charge is 2.16. The van der Waals surface area contributed by atoms with E-state index in [9.17, 15) is 0 Å². The summed E-state index contributed by atoms with van der Waals surface area (Å²) in [5.74, 6) is 1.65. The first-order valence-corrected chi connectivity index (χ1v) is 9.03. The third-order valence-corrected chi connectivity index (χ3v) is 5.27. The quantitative estimate of drug-likeness (QED) is 0.785. The third kappa shape index (κ3) is 3.62. The Morgan fingerprint density at radius 1 is 1.23 bits per heavy atom. The van der Waals surface area contributed by atoms with Crippen LogP contribution in [0, 0.1) is 0 Å². The van der Waals surface area contributed by atoms with Crippen LogP contribution in [0.25, 0.3) is 0 Å². The number of hydrogen-bond acceptors (Lipinski definition) is 5. The Bertz CT molecular complexity index is 660. The molecule has 118 valence electrons. The van der Waals surface area contributed by atoms with E-state index in [2.05, 4.69) is 51.2 Å². The van der Waals surface area contributed by atoms with Gasteiger partial charge in [-0.1, -0.05) is 22.9 Å². The van der Waals surface area contributed by atoms with Crippen LogP contribution in [0.2, 0.25) is 0 Å². The zero-order valence-corrected chi connectivity index (χ0v) is 15.2. The van der Waals surface area contributed by atoms with Crippen molar-refractivity contribution < 1.29 is 9.47 Å². The molecule has 2 aromatic rings. The highest BCUT2D eigenvalue weighted by atomic mass is 79.9. The minimum absolute atomic E-state index is 0.613. The molecule has 0 radical (unpaired) electrons. The van der Waals surface area contributed by atoms with Crippen LogP contribution >= 0.6 is 27.3 Å². The first-order chi connectivity index (χ1) is 10.7. The predicted molar refractivity (Wildman–Crippen MR) is 91.8 cm³/mol. The maximum Gasteiger partial charge on any atom is 0.162 e. The summed E-state index contributed by atoms with van der Waals surface area (Å²) in [6, 6.07) is 4.06. The lowest BCUT2D eigenvalue weighted by Gasteiger charge is -2.22. The summed E-state index contributed by atoms with van der Waals surface area (Å²) in [6.07, 6.45) is 1.00. The average molecular weight is 383 g/mol. The minimum Gasteiger partial charge on any atom is -0.486 e. The molecule has 0 saturated carbocycles. The molecule has 0 atom stereocenters.